The third-order valence-corrected chi connectivity index (χ3v) is 6.09. The van der Waals surface area contributed by atoms with Gasteiger partial charge in [0.15, 0.2) is 0 Å². The van der Waals surface area contributed by atoms with E-state index in [0.29, 0.717) is 23.7 Å². The zero-order valence-corrected chi connectivity index (χ0v) is 18.5. The smallest absolute Gasteiger partial charge is 0.253 e. The molecule has 31 heavy (non-hydrogen) atoms. The number of nitrogens with one attached hydrogen (secondary N) is 2. The normalized spacial score (nSPS) is 17.7. The van der Waals surface area contributed by atoms with Gasteiger partial charge in [0.05, 0.1) is 23.0 Å². The number of imidazole rings is 1. The molecular weight excluding hydrogens is 412 g/mol. The Bertz CT molecular complexity index is 1040. The zero-order valence-electron chi connectivity index (χ0n) is 17.8. The molecule has 1 aromatic heterocycles. The highest BCUT2D eigenvalue weighted by atomic mass is 35.5. The van der Waals surface area contributed by atoms with Crippen molar-refractivity contribution in [3.63, 3.8) is 0 Å². The highest BCUT2D eigenvalue weighted by molar-refractivity contribution is 6.30. The first kappa shape index (κ1) is 21.4. The van der Waals surface area contributed by atoms with E-state index in [9.17, 15) is 9.59 Å². The molecule has 0 radical (unpaired) electrons. The molecule has 1 aliphatic rings. The largest absolute Gasteiger partial charge is 0.346 e. The molecule has 7 heteroatoms. The summed E-state index contributed by atoms with van der Waals surface area (Å²) in [6.45, 7) is 5.20. The molecule has 1 aliphatic heterocycles. The Morgan fingerprint density at radius 1 is 1.16 bits per heavy atom. The van der Waals surface area contributed by atoms with Gasteiger partial charge in [-0.15, -0.1) is 0 Å². The van der Waals surface area contributed by atoms with Gasteiger partial charge < -0.3 is 15.2 Å². The van der Waals surface area contributed by atoms with E-state index in [-0.39, 0.29) is 29.7 Å². The quantitative estimate of drug-likeness (QED) is 0.611. The Balaban J connectivity index is 1.46. The molecule has 3 aromatic rings. The number of para-hydroxylation sites is 2. The van der Waals surface area contributed by atoms with Gasteiger partial charge in [-0.25, -0.2) is 4.98 Å². The number of aromatic nitrogens is 2. The van der Waals surface area contributed by atoms with Crippen molar-refractivity contribution in [2.75, 3.05) is 13.1 Å². The molecule has 0 bridgehead atoms. The van der Waals surface area contributed by atoms with E-state index in [2.05, 4.69) is 29.1 Å². The van der Waals surface area contributed by atoms with Crippen LogP contribution in [0, 0.1) is 11.8 Å². The minimum Gasteiger partial charge on any atom is -0.346 e. The summed E-state index contributed by atoms with van der Waals surface area (Å²) in [7, 11) is 0. The van der Waals surface area contributed by atoms with E-state index in [1.54, 1.807) is 29.2 Å². The minimum absolute atomic E-state index is 0.0345. The van der Waals surface area contributed by atoms with E-state index < -0.39 is 0 Å². The number of likely N-dealkylation sites (tertiary alicyclic amines) is 1. The monoisotopic (exact) mass is 438 g/mol. The third kappa shape index (κ3) is 4.74. The van der Waals surface area contributed by atoms with Gasteiger partial charge in [-0.1, -0.05) is 37.6 Å². The molecule has 162 valence electrons. The van der Waals surface area contributed by atoms with Crippen molar-refractivity contribution < 1.29 is 9.59 Å². The highest BCUT2D eigenvalue weighted by Gasteiger charge is 2.31. The Morgan fingerprint density at radius 3 is 2.61 bits per heavy atom. The molecule has 4 rings (SSSR count). The van der Waals surface area contributed by atoms with E-state index in [4.69, 9.17) is 11.6 Å². The van der Waals surface area contributed by atoms with Crippen molar-refractivity contribution in [3.8, 4) is 0 Å². The SMILES string of the molecule is CC(C)[C@H](NC(=O)[C@H]1CCCN(C(=O)c2ccc(Cl)cc2)C1)c1nc2ccccc2[nH]1. The molecule has 2 aromatic carbocycles. The molecule has 6 nitrogen and oxygen atoms in total. The van der Waals surface area contributed by atoms with Gasteiger partial charge in [0.25, 0.3) is 5.91 Å². The lowest BCUT2D eigenvalue weighted by atomic mass is 9.95. The number of piperidine rings is 1. The molecule has 0 saturated carbocycles. The maximum Gasteiger partial charge on any atom is 0.253 e. The summed E-state index contributed by atoms with van der Waals surface area (Å²) in [4.78, 5) is 35.8. The first-order chi connectivity index (χ1) is 14.9. The molecular formula is C24H27ClN4O2. The first-order valence-electron chi connectivity index (χ1n) is 10.7. The van der Waals surface area contributed by atoms with Crippen molar-refractivity contribution in [2.45, 2.75) is 32.7 Å². The van der Waals surface area contributed by atoms with Gasteiger partial charge in [-0.05, 0) is 55.2 Å². The molecule has 0 spiro atoms. The Hall–Kier alpha value is -2.86. The van der Waals surface area contributed by atoms with Gasteiger partial charge in [0.2, 0.25) is 5.91 Å². The summed E-state index contributed by atoms with van der Waals surface area (Å²) in [6, 6.07) is 14.5. The maximum atomic E-state index is 13.1. The van der Waals surface area contributed by atoms with Crippen LogP contribution in [-0.2, 0) is 4.79 Å². The number of benzene rings is 2. The Morgan fingerprint density at radius 2 is 1.90 bits per heavy atom. The minimum atomic E-state index is -0.240. The van der Waals surface area contributed by atoms with E-state index in [1.165, 1.54) is 0 Å². The number of nitrogens with zero attached hydrogens (tertiary/aromatic N) is 2. The second kappa shape index (κ2) is 9.10. The van der Waals surface area contributed by atoms with Gasteiger partial charge in [-0.2, -0.15) is 0 Å². The second-order valence-electron chi connectivity index (χ2n) is 8.47. The predicted molar refractivity (Wildman–Crippen MR) is 122 cm³/mol. The van der Waals surface area contributed by atoms with Crippen molar-refractivity contribution in [2.24, 2.45) is 11.8 Å². The lowest BCUT2D eigenvalue weighted by Crippen LogP contribution is -2.46. The molecule has 2 N–H and O–H groups in total. The Kier molecular flexibility index (Phi) is 6.28. The van der Waals surface area contributed by atoms with E-state index in [1.807, 2.05) is 24.3 Å². The van der Waals surface area contributed by atoms with Crippen LogP contribution in [0.2, 0.25) is 5.02 Å². The maximum absolute atomic E-state index is 13.1. The molecule has 2 heterocycles. The fourth-order valence-electron chi connectivity index (χ4n) is 4.09. The summed E-state index contributed by atoms with van der Waals surface area (Å²) in [5, 5.41) is 3.78. The molecule has 2 amide bonds. The molecule has 0 aliphatic carbocycles. The molecule has 1 saturated heterocycles. The van der Waals surface area contributed by atoms with Crippen LogP contribution in [0.25, 0.3) is 11.0 Å². The molecule has 0 unspecified atom stereocenters. The number of hydrogen-bond donors (Lipinski definition) is 2. The van der Waals surface area contributed by atoms with Gasteiger partial charge >= 0.3 is 0 Å². The highest BCUT2D eigenvalue weighted by Crippen LogP contribution is 2.25. The summed E-state index contributed by atoms with van der Waals surface area (Å²) in [5.74, 6) is 0.588. The third-order valence-electron chi connectivity index (χ3n) is 5.84. The van der Waals surface area contributed by atoms with E-state index in [0.717, 1.165) is 29.7 Å². The number of fused-ring (bicyclic) bond motifs is 1. The number of carbonyl (C=O) groups excluding carboxylic acids is 2. The number of aromatic amines is 1. The summed E-state index contributed by atoms with van der Waals surface area (Å²) >= 11 is 5.93. The average Bonchev–Trinajstić information content (AvgIpc) is 3.21. The van der Waals surface area contributed by atoms with Gasteiger partial charge in [-0.3, -0.25) is 9.59 Å². The number of halogens is 1. The standard InChI is InChI=1S/C24H27ClN4O2/c1-15(2)21(22-26-19-7-3-4-8-20(19)27-22)28-23(30)17-6-5-13-29(14-17)24(31)16-9-11-18(25)12-10-16/h3-4,7-12,15,17,21H,5-6,13-14H2,1-2H3,(H,26,27)(H,28,30)/t17-,21-/m0/s1. The summed E-state index contributed by atoms with van der Waals surface area (Å²) in [5.41, 5.74) is 2.43. The lowest BCUT2D eigenvalue weighted by molar-refractivity contribution is -0.127. The number of rotatable bonds is 5. The lowest BCUT2D eigenvalue weighted by Gasteiger charge is -2.33. The summed E-state index contributed by atoms with van der Waals surface area (Å²) < 4.78 is 0. The fraction of sp³-hybridized carbons (Fsp3) is 0.375. The van der Waals surface area contributed by atoms with Crippen LogP contribution >= 0.6 is 11.6 Å². The van der Waals surface area contributed by atoms with Crippen LogP contribution in [0.3, 0.4) is 0 Å². The number of amides is 2. The van der Waals surface area contributed by atoms with Crippen LogP contribution in [-0.4, -0.2) is 39.8 Å². The van der Waals surface area contributed by atoms with Crippen molar-refractivity contribution >= 4 is 34.4 Å². The van der Waals surface area contributed by atoms with Gasteiger partial charge in [0.1, 0.15) is 5.82 Å². The topological polar surface area (TPSA) is 78.1 Å². The van der Waals surface area contributed by atoms with Crippen LogP contribution in [0.4, 0.5) is 0 Å². The van der Waals surface area contributed by atoms with Crippen molar-refractivity contribution in [1.82, 2.24) is 20.2 Å². The van der Waals surface area contributed by atoms with Crippen LogP contribution < -0.4 is 5.32 Å². The van der Waals surface area contributed by atoms with Crippen LogP contribution in [0.1, 0.15) is 48.9 Å². The van der Waals surface area contributed by atoms with Crippen LogP contribution in [0.15, 0.2) is 48.5 Å². The van der Waals surface area contributed by atoms with Crippen molar-refractivity contribution in [1.29, 1.82) is 0 Å². The second-order valence-corrected chi connectivity index (χ2v) is 8.90. The number of H-pyrrole nitrogens is 1. The van der Waals surface area contributed by atoms with Gasteiger partial charge in [0, 0.05) is 23.7 Å². The van der Waals surface area contributed by atoms with Crippen molar-refractivity contribution in [3.05, 3.63) is 64.9 Å². The Labute approximate surface area is 187 Å². The average molecular weight is 439 g/mol. The van der Waals surface area contributed by atoms with E-state index >= 15 is 0 Å². The first-order valence-corrected chi connectivity index (χ1v) is 11.1. The number of carbonyl (C=O) groups is 2. The fourth-order valence-corrected chi connectivity index (χ4v) is 4.22. The predicted octanol–water partition coefficient (Wildman–Crippen LogP) is 4.58. The summed E-state index contributed by atoms with van der Waals surface area (Å²) in [6.07, 6.45) is 1.57. The molecule has 1 fully saturated rings. The molecule has 2 atom stereocenters. The number of hydrogen-bond acceptors (Lipinski definition) is 3. The zero-order chi connectivity index (χ0) is 22.0. The van der Waals surface area contributed by atoms with Crippen LogP contribution in [0.5, 0.6) is 0 Å².